The average Bonchev–Trinajstić information content (AvgIpc) is 2.93. The first-order valence-corrected chi connectivity index (χ1v) is 5.52. The number of carbonyl (C=O) groups is 2. The molecule has 92 valence electrons. The molecule has 0 radical (unpaired) electrons. The summed E-state index contributed by atoms with van der Waals surface area (Å²) >= 11 is 0. The molecular weight excluding hydrogens is 208 g/mol. The van der Waals surface area contributed by atoms with Crippen LogP contribution < -0.4 is 11.1 Å². The maximum atomic E-state index is 11.7. The monoisotopic (exact) mass is 228 g/mol. The van der Waals surface area contributed by atoms with Crippen molar-refractivity contribution in [3.05, 3.63) is 0 Å². The summed E-state index contributed by atoms with van der Waals surface area (Å²) in [6, 6.07) is -1.46. The van der Waals surface area contributed by atoms with Gasteiger partial charge in [-0.15, -0.1) is 0 Å². The first kappa shape index (κ1) is 13.0. The maximum absolute atomic E-state index is 11.7. The van der Waals surface area contributed by atoms with Crippen LogP contribution in [0.1, 0.15) is 33.6 Å². The van der Waals surface area contributed by atoms with E-state index in [1.807, 2.05) is 20.8 Å². The van der Waals surface area contributed by atoms with Gasteiger partial charge in [-0.3, -0.25) is 4.79 Å². The number of carboxylic acid groups (broad SMARTS) is 1. The van der Waals surface area contributed by atoms with Gasteiger partial charge in [-0.05, 0) is 24.2 Å². The molecule has 0 aliphatic heterocycles. The van der Waals surface area contributed by atoms with Crippen LogP contribution in [0.25, 0.3) is 0 Å². The minimum absolute atomic E-state index is 0.0774. The maximum Gasteiger partial charge on any atom is 0.326 e. The Bertz CT molecular complexity index is 292. The van der Waals surface area contributed by atoms with E-state index in [1.54, 1.807) is 0 Å². The zero-order valence-electron chi connectivity index (χ0n) is 9.99. The zero-order chi connectivity index (χ0) is 12.5. The van der Waals surface area contributed by atoms with E-state index in [-0.39, 0.29) is 17.2 Å². The lowest BCUT2D eigenvalue weighted by Gasteiger charge is -2.27. The number of carbonyl (C=O) groups excluding carboxylic acids is 1. The molecule has 5 heteroatoms. The molecule has 0 bridgehead atoms. The molecule has 2 atom stereocenters. The Balaban J connectivity index is 2.58. The van der Waals surface area contributed by atoms with Crippen LogP contribution in [0.4, 0.5) is 0 Å². The number of hydrogen-bond donors (Lipinski definition) is 3. The minimum atomic E-state index is -0.975. The lowest BCUT2D eigenvalue weighted by molar-refractivity contribution is -0.143. The fraction of sp³-hybridized carbons (Fsp3) is 0.818. The van der Waals surface area contributed by atoms with Gasteiger partial charge in [-0.25, -0.2) is 4.79 Å². The summed E-state index contributed by atoms with van der Waals surface area (Å²) in [4.78, 5) is 22.7. The second-order valence-electron chi connectivity index (χ2n) is 5.51. The van der Waals surface area contributed by atoms with Gasteiger partial charge in [-0.1, -0.05) is 20.8 Å². The third-order valence-corrected chi connectivity index (χ3v) is 2.87. The molecule has 0 saturated heterocycles. The van der Waals surface area contributed by atoms with Crippen LogP contribution in [-0.4, -0.2) is 29.1 Å². The molecule has 16 heavy (non-hydrogen) atoms. The SMILES string of the molecule is CC(C)(C)C(N)C(=O)NC(C(=O)O)C1CC1. The van der Waals surface area contributed by atoms with Crippen LogP contribution in [-0.2, 0) is 9.59 Å². The molecule has 2 unspecified atom stereocenters. The molecule has 1 aliphatic carbocycles. The molecular formula is C11H20N2O3. The van der Waals surface area contributed by atoms with Crippen LogP contribution in [0, 0.1) is 11.3 Å². The minimum Gasteiger partial charge on any atom is -0.480 e. The Hall–Kier alpha value is -1.10. The van der Waals surface area contributed by atoms with Gasteiger partial charge in [0.05, 0.1) is 6.04 Å². The van der Waals surface area contributed by atoms with Crippen molar-refractivity contribution in [2.75, 3.05) is 0 Å². The van der Waals surface area contributed by atoms with Gasteiger partial charge < -0.3 is 16.2 Å². The molecule has 5 nitrogen and oxygen atoms in total. The van der Waals surface area contributed by atoms with Gasteiger partial charge in [0.25, 0.3) is 0 Å². The predicted molar refractivity (Wildman–Crippen MR) is 59.7 cm³/mol. The number of carboxylic acids is 1. The van der Waals surface area contributed by atoms with E-state index in [9.17, 15) is 9.59 Å². The highest BCUT2D eigenvalue weighted by Gasteiger charge is 2.39. The summed E-state index contributed by atoms with van der Waals surface area (Å²) in [5.74, 6) is -1.28. The van der Waals surface area contributed by atoms with Gasteiger partial charge in [0.1, 0.15) is 6.04 Å². The topological polar surface area (TPSA) is 92.4 Å². The molecule has 0 aromatic rings. The average molecular weight is 228 g/mol. The van der Waals surface area contributed by atoms with Gasteiger partial charge in [0, 0.05) is 0 Å². The summed E-state index contributed by atoms with van der Waals surface area (Å²) in [7, 11) is 0. The summed E-state index contributed by atoms with van der Waals surface area (Å²) in [5, 5.41) is 11.5. The fourth-order valence-corrected chi connectivity index (χ4v) is 1.45. The van der Waals surface area contributed by atoms with E-state index in [1.165, 1.54) is 0 Å². The summed E-state index contributed by atoms with van der Waals surface area (Å²) in [6.45, 7) is 5.55. The normalized spacial score (nSPS) is 20.0. The van der Waals surface area contributed by atoms with Crippen LogP contribution in [0.2, 0.25) is 0 Å². The largest absolute Gasteiger partial charge is 0.480 e. The van der Waals surface area contributed by atoms with Crippen LogP contribution in [0.3, 0.4) is 0 Å². The molecule has 1 fully saturated rings. The van der Waals surface area contributed by atoms with Crippen molar-refractivity contribution in [2.24, 2.45) is 17.1 Å². The molecule has 0 aromatic heterocycles. The van der Waals surface area contributed by atoms with Crippen molar-refractivity contribution in [3.63, 3.8) is 0 Å². The van der Waals surface area contributed by atoms with Crippen molar-refractivity contribution in [2.45, 2.75) is 45.7 Å². The number of aliphatic carboxylic acids is 1. The van der Waals surface area contributed by atoms with Crippen molar-refractivity contribution >= 4 is 11.9 Å². The smallest absolute Gasteiger partial charge is 0.326 e. The quantitative estimate of drug-likeness (QED) is 0.647. The summed E-state index contributed by atoms with van der Waals surface area (Å²) < 4.78 is 0. The summed E-state index contributed by atoms with van der Waals surface area (Å²) in [5.41, 5.74) is 5.39. The van der Waals surface area contributed by atoms with E-state index >= 15 is 0 Å². The van der Waals surface area contributed by atoms with E-state index in [4.69, 9.17) is 10.8 Å². The standard InChI is InChI=1S/C11H20N2O3/c1-11(2,3)8(12)9(14)13-7(10(15)16)6-4-5-6/h6-8H,4-5,12H2,1-3H3,(H,13,14)(H,15,16). The Kier molecular flexibility index (Phi) is 3.57. The Morgan fingerprint density at radius 3 is 2.19 bits per heavy atom. The van der Waals surface area contributed by atoms with E-state index in [0.717, 1.165) is 12.8 Å². The molecule has 4 N–H and O–H groups in total. The van der Waals surface area contributed by atoms with Crippen LogP contribution in [0.15, 0.2) is 0 Å². The number of amides is 1. The Labute approximate surface area is 95.4 Å². The highest BCUT2D eigenvalue weighted by molar-refractivity contribution is 5.87. The Morgan fingerprint density at radius 1 is 1.38 bits per heavy atom. The molecule has 1 amide bonds. The van der Waals surface area contributed by atoms with Crippen LogP contribution in [0.5, 0.6) is 0 Å². The van der Waals surface area contributed by atoms with Crippen molar-refractivity contribution in [1.82, 2.24) is 5.32 Å². The number of nitrogens with two attached hydrogens (primary N) is 1. The van der Waals surface area contributed by atoms with Crippen LogP contribution >= 0.6 is 0 Å². The number of hydrogen-bond acceptors (Lipinski definition) is 3. The van der Waals surface area contributed by atoms with Crippen molar-refractivity contribution in [3.8, 4) is 0 Å². The van der Waals surface area contributed by atoms with Crippen molar-refractivity contribution < 1.29 is 14.7 Å². The predicted octanol–water partition coefficient (Wildman–Crippen LogP) is 0.339. The third-order valence-electron chi connectivity index (χ3n) is 2.87. The lowest BCUT2D eigenvalue weighted by atomic mass is 9.86. The van der Waals surface area contributed by atoms with Gasteiger partial charge in [0.2, 0.25) is 5.91 Å². The molecule has 0 spiro atoms. The van der Waals surface area contributed by atoms with E-state index in [0.29, 0.717) is 0 Å². The Morgan fingerprint density at radius 2 is 1.88 bits per heavy atom. The highest BCUT2D eigenvalue weighted by Crippen LogP contribution is 2.33. The second-order valence-corrected chi connectivity index (χ2v) is 5.51. The molecule has 1 saturated carbocycles. The first-order chi connectivity index (χ1) is 7.23. The van der Waals surface area contributed by atoms with Crippen molar-refractivity contribution in [1.29, 1.82) is 0 Å². The van der Waals surface area contributed by atoms with E-state index < -0.39 is 18.1 Å². The molecule has 0 aromatic carbocycles. The highest BCUT2D eigenvalue weighted by atomic mass is 16.4. The third kappa shape index (κ3) is 3.20. The lowest BCUT2D eigenvalue weighted by Crippen LogP contribution is -2.53. The fourth-order valence-electron chi connectivity index (χ4n) is 1.45. The first-order valence-electron chi connectivity index (χ1n) is 5.52. The molecule has 1 aliphatic rings. The second kappa shape index (κ2) is 4.41. The molecule has 1 rings (SSSR count). The van der Waals surface area contributed by atoms with E-state index in [2.05, 4.69) is 5.32 Å². The number of rotatable bonds is 4. The number of nitrogens with one attached hydrogen (secondary N) is 1. The molecule has 0 heterocycles. The zero-order valence-corrected chi connectivity index (χ0v) is 9.99. The van der Waals surface area contributed by atoms with Gasteiger partial charge in [-0.2, -0.15) is 0 Å². The summed E-state index contributed by atoms with van der Waals surface area (Å²) in [6.07, 6.45) is 1.73. The van der Waals surface area contributed by atoms with Gasteiger partial charge >= 0.3 is 5.97 Å². The van der Waals surface area contributed by atoms with Gasteiger partial charge in [0.15, 0.2) is 0 Å².